The van der Waals surface area contributed by atoms with Crippen LogP contribution in [0.5, 0.6) is 0 Å². The lowest BCUT2D eigenvalue weighted by Gasteiger charge is -1.96. The third-order valence-electron chi connectivity index (χ3n) is 3.02. The Hall–Kier alpha value is -2.40. The van der Waals surface area contributed by atoms with E-state index in [0.717, 1.165) is 5.56 Å². The minimum absolute atomic E-state index is 0.352. The summed E-state index contributed by atoms with van der Waals surface area (Å²) < 4.78 is 10.7. The number of hydrogen-bond donors (Lipinski definition) is 1. The Bertz CT molecular complexity index is 698. The maximum atomic E-state index is 5.50. The molecule has 0 fully saturated rings. The van der Waals surface area contributed by atoms with Crippen LogP contribution in [0.4, 0.5) is 0 Å². The highest BCUT2D eigenvalue weighted by atomic mass is 16.5. The molecule has 102 valence electrons. The van der Waals surface area contributed by atoms with Crippen molar-refractivity contribution in [3.8, 4) is 11.7 Å². The third kappa shape index (κ3) is 2.62. The van der Waals surface area contributed by atoms with Gasteiger partial charge in [-0.15, -0.1) is 0 Å². The fraction of sp³-hybridized carbons (Fsp3) is 0.200. The Kier molecular flexibility index (Phi) is 3.35. The smallest absolute Gasteiger partial charge is 0.293 e. The van der Waals surface area contributed by atoms with Crippen LogP contribution >= 0.6 is 0 Å². The number of benzene rings is 1. The third-order valence-corrected chi connectivity index (χ3v) is 3.02. The molecular formula is C15H15N3O2. The second-order valence-corrected chi connectivity index (χ2v) is 4.65. The van der Waals surface area contributed by atoms with Crippen molar-refractivity contribution >= 4 is 0 Å². The average Bonchev–Trinajstić information content (AvgIpc) is 3.10. The zero-order valence-electron chi connectivity index (χ0n) is 11.2. The summed E-state index contributed by atoms with van der Waals surface area (Å²) in [6.45, 7) is 2.41. The number of rotatable bonds is 4. The van der Waals surface area contributed by atoms with Gasteiger partial charge in [0.2, 0.25) is 0 Å². The summed E-state index contributed by atoms with van der Waals surface area (Å²) in [5.74, 6) is 2.26. The van der Waals surface area contributed by atoms with E-state index in [4.69, 9.17) is 14.7 Å². The first-order chi connectivity index (χ1) is 9.74. The number of nitrogens with two attached hydrogens (primary N) is 1. The molecule has 0 bridgehead atoms. The molecule has 0 aliphatic carbocycles. The number of hydrogen-bond acceptors (Lipinski definition) is 5. The van der Waals surface area contributed by atoms with Gasteiger partial charge in [-0.05, 0) is 24.6 Å². The molecule has 1 aromatic carbocycles. The van der Waals surface area contributed by atoms with Crippen molar-refractivity contribution in [2.45, 2.75) is 19.9 Å². The highest BCUT2D eigenvalue weighted by Gasteiger charge is 2.12. The van der Waals surface area contributed by atoms with E-state index in [1.165, 1.54) is 5.56 Å². The van der Waals surface area contributed by atoms with Crippen molar-refractivity contribution in [3.05, 3.63) is 59.1 Å². The molecule has 0 spiro atoms. The van der Waals surface area contributed by atoms with Crippen LogP contribution in [0, 0.1) is 6.92 Å². The van der Waals surface area contributed by atoms with Gasteiger partial charge in [0.1, 0.15) is 5.76 Å². The van der Waals surface area contributed by atoms with Crippen molar-refractivity contribution in [1.29, 1.82) is 0 Å². The Morgan fingerprint density at radius 2 is 1.90 bits per heavy atom. The van der Waals surface area contributed by atoms with Crippen molar-refractivity contribution in [1.82, 2.24) is 10.1 Å². The van der Waals surface area contributed by atoms with E-state index in [0.29, 0.717) is 36.2 Å². The van der Waals surface area contributed by atoms with Gasteiger partial charge in [0.15, 0.2) is 11.6 Å². The standard InChI is InChI=1S/C15H15N3O2/c1-10-2-4-11(5-3-10)8-14-17-15(20-18-14)13-7-6-12(9-16)19-13/h2-7H,8-9,16H2,1H3. The second kappa shape index (κ2) is 5.30. The summed E-state index contributed by atoms with van der Waals surface area (Å²) in [4.78, 5) is 4.33. The van der Waals surface area contributed by atoms with Crippen molar-refractivity contribution in [3.63, 3.8) is 0 Å². The molecule has 2 N–H and O–H groups in total. The summed E-state index contributed by atoms with van der Waals surface area (Å²) in [6, 6.07) is 11.8. The van der Waals surface area contributed by atoms with E-state index in [9.17, 15) is 0 Å². The van der Waals surface area contributed by atoms with Crippen molar-refractivity contribution in [2.75, 3.05) is 0 Å². The van der Waals surface area contributed by atoms with Crippen LogP contribution < -0.4 is 5.73 Å². The topological polar surface area (TPSA) is 78.1 Å². The normalized spacial score (nSPS) is 10.9. The van der Waals surface area contributed by atoms with Gasteiger partial charge in [0.25, 0.3) is 5.89 Å². The van der Waals surface area contributed by atoms with Gasteiger partial charge in [0.05, 0.1) is 6.54 Å². The second-order valence-electron chi connectivity index (χ2n) is 4.65. The monoisotopic (exact) mass is 269 g/mol. The summed E-state index contributed by atoms with van der Waals surface area (Å²) in [5.41, 5.74) is 7.87. The van der Waals surface area contributed by atoms with E-state index >= 15 is 0 Å². The highest BCUT2D eigenvalue weighted by molar-refractivity contribution is 5.44. The molecular weight excluding hydrogens is 254 g/mol. The molecule has 0 saturated carbocycles. The predicted molar refractivity (Wildman–Crippen MR) is 73.9 cm³/mol. The molecule has 0 aliphatic heterocycles. The molecule has 20 heavy (non-hydrogen) atoms. The molecule has 0 aliphatic rings. The highest BCUT2D eigenvalue weighted by Crippen LogP contribution is 2.20. The molecule has 3 aromatic rings. The van der Waals surface area contributed by atoms with Gasteiger partial charge in [-0.1, -0.05) is 35.0 Å². The van der Waals surface area contributed by atoms with Gasteiger partial charge >= 0.3 is 0 Å². The summed E-state index contributed by atoms with van der Waals surface area (Å²) in [5, 5.41) is 3.97. The van der Waals surface area contributed by atoms with Gasteiger partial charge in [-0.3, -0.25) is 0 Å². The SMILES string of the molecule is Cc1ccc(Cc2noc(-c3ccc(CN)o3)n2)cc1. The van der Waals surface area contributed by atoms with Gasteiger partial charge in [0, 0.05) is 6.42 Å². The molecule has 0 amide bonds. The predicted octanol–water partition coefficient (Wildman–Crippen LogP) is 2.69. The zero-order chi connectivity index (χ0) is 13.9. The fourth-order valence-corrected chi connectivity index (χ4v) is 1.92. The minimum Gasteiger partial charge on any atom is -0.455 e. The number of aromatic nitrogens is 2. The quantitative estimate of drug-likeness (QED) is 0.787. The van der Waals surface area contributed by atoms with Crippen molar-refractivity contribution in [2.24, 2.45) is 5.73 Å². The Labute approximate surface area is 116 Å². The van der Waals surface area contributed by atoms with Gasteiger partial charge in [-0.2, -0.15) is 4.98 Å². The van der Waals surface area contributed by atoms with E-state index < -0.39 is 0 Å². The molecule has 5 heteroatoms. The van der Waals surface area contributed by atoms with E-state index in [1.54, 1.807) is 12.1 Å². The summed E-state index contributed by atoms with van der Waals surface area (Å²) in [7, 11) is 0. The van der Waals surface area contributed by atoms with Crippen molar-refractivity contribution < 1.29 is 8.94 Å². The molecule has 5 nitrogen and oxygen atoms in total. The minimum atomic E-state index is 0.352. The Morgan fingerprint density at radius 3 is 2.60 bits per heavy atom. The summed E-state index contributed by atoms with van der Waals surface area (Å²) >= 11 is 0. The van der Waals surface area contributed by atoms with E-state index in [1.807, 2.05) is 0 Å². The zero-order valence-corrected chi connectivity index (χ0v) is 11.2. The van der Waals surface area contributed by atoms with E-state index in [2.05, 4.69) is 41.3 Å². The fourth-order valence-electron chi connectivity index (χ4n) is 1.92. The lowest BCUT2D eigenvalue weighted by Crippen LogP contribution is -1.92. The van der Waals surface area contributed by atoms with Gasteiger partial charge < -0.3 is 14.7 Å². The maximum Gasteiger partial charge on any atom is 0.293 e. The molecule has 2 heterocycles. The lowest BCUT2D eigenvalue weighted by atomic mass is 10.1. The van der Waals surface area contributed by atoms with Crippen LogP contribution in [0.2, 0.25) is 0 Å². The Balaban J connectivity index is 1.78. The van der Waals surface area contributed by atoms with Crippen LogP contribution in [-0.2, 0) is 13.0 Å². The number of nitrogens with zero attached hydrogens (tertiary/aromatic N) is 2. The van der Waals surface area contributed by atoms with Crippen LogP contribution in [0.1, 0.15) is 22.7 Å². The molecule has 3 rings (SSSR count). The first kappa shape index (κ1) is 12.6. The molecule has 0 radical (unpaired) electrons. The van der Waals surface area contributed by atoms with E-state index in [-0.39, 0.29) is 0 Å². The van der Waals surface area contributed by atoms with Crippen LogP contribution in [0.25, 0.3) is 11.7 Å². The van der Waals surface area contributed by atoms with Gasteiger partial charge in [-0.25, -0.2) is 0 Å². The average molecular weight is 269 g/mol. The lowest BCUT2D eigenvalue weighted by molar-refractivity contribution is 0.406. The largest absolute Gasteiger partial charge is 0.455 e. The first-order valence-corrected chi connectivity index (χ1v) is 6.42. The molecule has 0 saturated heterocycles. The molecule has 2 aromatic heterocycles. The first-order valence-electron chi connectivity index (χ1n) is 6.42. The molecule has 0 unspecified atom stereocenters. The number of furan rings is 1. The van der Waals surface area contributed by atoms with Crippen LogP contribution in [-0.4, -0.2) is 10.1 Å². The molecule has 0 atom stereocenters. The van der Waals surface area contributed by atoms with Crippen LogP contribution in [0.15, 0.2) is 45.3 Å². The summed E-state index contributed by atoms with van der Waals surface area (Å²) in [6.07, 6.45) is 0.633. The maximum absolute atomic E-state index is 5.50. The van der Waals surface area contributed by atoms with Crippen LogP contribution in [0.3, 0.4) is 0 Å². The Morgan fingerprint density at radius 1 is 1.10 bits per heavy atom. The number of aryl methyl sites for hydroxylation is 1.